The van der Waals surface area contributed by atoms with Crippen LogP contribution in [0.1, 0.15) is 31.2 Å². The van der Waals surface area contributed by atoms with Crippen LogP contribution in [0.2, 0.25) is 5.02 Å². The summed E-state index contributed by atoms with van der Waals surface area (Å²) in [4.78, 5) is 0. The Morgan fingerprint density at radius 1 is 1.31 bits per heavy atom. The number of hydrogen-bond donors (Lipinski definition) is 1. The molecule has 1 saturated carbocycles. The molecule has 16 heavy (non-hydrogen) atoms. The topological polar surface area (TPSA) is 12.0 Å². The average Bonchev–Trinajstić information content (AvgIpc) is 2.70. The smallest absolute Gasteiger partial charge is 0.0408 e. The Labute approximate surface area is 102 Å². The van der Waals surface area contributed by atoms with Gasteiger partial charge in [-0.3, -0.25) is 0 Å². The number of rotatable bonds is 2. The van der Waals surface area contributed by atoms with Crippen LogP contribution in [0.4, 0.5) is 0 Å². The molecule has 2 heteroatoms. The first-order chi connectivity index (χ1) is 7.81. The molecule has 1 nitrogen and oxygen atoms in total. The van der Waals surface area contributed by atoms with E-state index in [2.05, 4.69) is 23.5 Å². The molecule has 3 rings (SSSR count). The van der Waals surface area contributed by atoms with E-state index in [1.54, 1.807) is 0 Å². The van der Waals surface area contributed by atoms with Crippen molar-refractivity contribution in [3.63, 3.8) is 0 Å². The fourth-order valence-electron chi connectivity index (χ4n) is 3.41. The number of benzene rings is 1. The van der Waals surface area contributed by atoms with Gasteiger partial charge in [0.15, 0.2) is 0 Å². The van der Waals surface area contributed by atoms with Gasteiger partial charge in [0, 0.05) is 5.02 Å². The second-order valence-corrected chi connectivity index (χ2v) is 5.65. The highest BCUT2D eigenvalue weighted by Gasteiger charge is 2.45. The Hall–Kier alpha value is -0.530. The summed E-state index contributed by atoms with van der Waals surface area (Å²) in [5.74, 6) is 0.819. The van der Waals surface area contributed by atoms with Crippen LogP contribution >= 0.6 is 11.6 Å². The normalized spacial score (nSPS) is 27.7. The molecule has 0 radical (unpaired) electrons. The van der Waals surface area contributed by atoms with Gasteiger partial charge in [-0.15, -0.1) is 0 Å². The Balaban J connectivity index is 1.94. The molecule has 1 atom stereocenters. The molecule has 1 aromatic rings. The Morgan fingerprint density at radius 2 is 2.19 bits per heavy atom. The SMILES string of the molecule is Clc1cccc(C2(C3CCNC3)CCC2)c1. The van der Waals surface area contributed by atoms with Crippen LogP contribution in [0, 0.1) is 5.92 Å². The highest BCUT2D eigenvalue weighted by molar-refractivity contribution is 6.30. The van der Waals surface area contributed by atoms with Crippen molar-refractivity contribution >= 4 is 11.6 Å². The van der Waals surface area contributed by atoms with Crippen molar-refractivity contribution in [1.82, 2.24) is 5.32 Å². The largest absolute Gasteiger partial charge is 0.316 e. The molecule has 0 bridgehead atoms. The van der Waals surface area contributed by atoms with Crippen molar-refractivity contribution in [2.45, 2.75) is 31.1 Å². The predicted molar refractivity (Wildman–Crippen MR) is 68.0 cm³/mol. The van der Waals surface area contributed by atoms with Crippen LogP contribution in [0.15, 0.2) is 24.3 Å². The van der Waals surface area contributed by atoms with Gasteiger partial charge in [-0.2, -0.15) is 0 Å². The van der Waals surface area contributed by atoms with Gasteiger partial charge < -0.3 is 5.32 Å². The number of nitrogens with one attached hydrogen (secondary N) is 1. The van der Waals surface area contributed by atoms with Crippen LogP contribution in [0.3, 0.4) is 0 Å². The second-order valence-electron chi connectivity index (χ2n) is 5.21. The third kappa shape index (κ3) is 1.57. The lowest BCUT2D eigenvalue weighted by molar-refractivity contribution is 0.157. The molecule has 2 fully saturated rings. The molecule has 0 spiro atoms. The van der Waals surface area contributed by atoms with Crippen molar-refractivity contribution in [1.29, 1.82) is 0 Å². The lowest BCUT2D eigenvalue weighted by Gasteiger charge is -2.47. The van der Waals surface area contributed by atoms with E-state index in [1.807, 2.05) is 6.07 Å². The minimum absolute atomic E-state index is 0.439. The fourth-order valence-corrected chi connectivity index (χ4v) is 3.61. The second kappa shape index (κ2) is 4.05. The fraction of sp³-hybridized carbons (Fsp3) is 0.571. The van der Waals surface area contributed by atoms with Gasteiger partial charge in [-0.25, -0.2) is 0 Å². The third-order valence-corrected chi connectivity index (χ3v) is 4.72. The van der Waals surface area contributed by atoms with E-state index in [0.717, 1.165) is 10.9 Å². The molecule has 1 N–H and O–H groups in total. The number of halogens is 1. The summed E-state index contributed by atoms with van der Waals surface area (Å²) in [6.07, 6.45) is 5.40. The van der Waals surface area contributed by atoms with Crippen molar-refractivity contribution in [2.75, 3.05) is 13.1 Å². The van der Waals surface area contributed by atoms with Gasteiger partial charge in [0.2, 0.25) is 0 Å². The minimum atomic E-state index is 0.439. The van der Waals surface area contributed by atoms with Gasteiger partial charge in [-0.05, 0) is 61.4 Å². The Bertz CT molecular complexity index is 378. The van der Waals surface area contributed by atoms with Gasteiger partial charge in [0.05, 0.1) is 0 Å². The third-order valence-electron chi connectivity index (χ3n) is 4.49. The van der Waals surface area contributed by atoms with Gasteiger partial charge >= 0.3 is 0 Å². The van der Waals surface area contributed by atoms with Crippen molar-refractivity contribution < 1.29 is 0 Å². The van der Waals surface area contributed by atoms with E-state index < -0.39 is 0 Å². The van der Waals surface area contributed by atoms with Crippen LogP contribution in [-0.4, -0.2) is 13.1 Å². The summed E-state index contributed by atoms with van der Waals surface area (Å²) in [5.41, 5.74) is 1.91. The molecule has 1 saturated heterocycles. The van der Waals surface area contributed by atoms with Gasteiger partial charge in [-0.1, -0.05) is 30.2 Å². The van der Waals surface area contributed by atoms with Crippen LogP contribution < -0.4 is 5.32 Å². The minimum Gasteiger partial charge on any atom is -0.316 e. The van der Waals surface area contributed by atoms with E-state index in [9.17, 15) is 0 Å². The first-order valence-corrected chi connectivity index (χ1v) is 6.66. The maximum absolute atomic E-state index is 6.12. The van der Waals surface area contributed by atoms with Crippen molar-refractivity contribution in [2.24, 2.45) is 5.92 Å². The molecule has 1 aromatic carbocycles. The van der Waals surface area contributed by atoms with E-state index in [-0.39, 0.29) is 0 Å². The molecule has 0 amide bonds. The zero-order valence-electron chi connectivity index (χ0n) is 9.51. The first kappa shape index (κ1) is 10.6. The van der Waals surface area contributed by atoms with Gasteiger partial charge in [0.25, 0.3) is 0 Å². The van der Waals surface area contributed by atoms with Crippen LogP contribution in [-0.2, 0) is 5.41 Å². The van der Waals surface area contributed by atoms with E-state index in [4.69, 9.17) is 11.6 Å². The lowest BCUT2D eigenvalue weighted by atomic mass is 9.57. The standard InChI is InChI=1S/C14H18ClN/c15-13-4-1-3-11(9-13)14(6-2-7-14)12-5-8-16-10-12/h1,3-4,9,12,16H,2,5-8,10H2. The van der Waals surface area contributed by atoms with Crippen LogP contribution in [0.5, 0.6) is 0 Å². The highest BCUT2D eigenvalue weighted by Crippen LogP contribution is 2.51. The summed E-state index contributed by atoms with van der Waals surface area (Å²) in [5, 5.41) is 4.38. The maximum Gasteiger partial charge on any atom is 0.0408 e. The Kier molecular flexibility index (Phi) is 2.68. The van der Waals surface area contributed by atoms with Crippen LogP contribution in [0.25, 0.3) is 0 Å². The van der Waals surface area contributed by atoms with E-state index in [1.165, 1.54) is 44.3 Å². The van der Waals surface area contributed by atoms with Crippen molar-refractivity contribution in [3.8, 4) is 0 Å². The molecular weight excluding hydrogens is 218 g/mol. The summed E-state index contributed by atoms with van der Waals surface area (Å²) in [6, 6.07) is 8.52. The zero-order chi connectivity index (χ0) is 11.0. The molecule has 1 unspecified atom stereocenters. The average molecular weight is 236 g/mol. The number of hydrogen-bond acceptors (Lipinski definition) is 1. The van der Waals surface area contributed by atoms with E-state index in [0.29, 0.717) is 5.41 Å². The monoisotopic (exact) mass is 235 g/mol. The summed E-state index contributed by atoms with van der Waals surface area (Å²) in [7, 11) is 0. The van der Waals surface area contributed by atoms with E-state index >= 15 is 0 Å². The quantitative estimate of drug-likeness (QED) is 0.829. The summed E-state index contributed by atoms with van der Waals surface area (Å²) in [6.45, 7) is 2.37. The molecule has 86 valence electrons. The predicted octanol–water partition coefficient (Wildman–Crippen LogP) is 3.37. The first-order valence-electron chi connectivity index (χ1n) is 6.28. The zero-order valence-corrected chi connectivity index (χ0v) is 10.3. The lowest BCUT2D eigenvalue weighted by Crippen LogP contribution is -2.42. The Morgan fingerprint density at radius 3 is 2.75 bits per heavy atom. The molecule has 1 heterocycles. The molecule has 0 aromatic heterocycles. The molecule has 1 aliphatic carbocycles. The van der Waals surface area contributed by atoms with Gasteiger partial charge in [0.1, 0.15) is 0 Å². The summed E-state index contributed by atoms with van der Waals surface area (Å²) >= 11 is 6.12. The molecule has 1 aliphatic heterocycles. The highest BCUT2D eigenvalue weighted by atomic mass is 35.5. The summed E-state index contributed by atoms with van der Waals surface area (Å²) < 4.78 is 0. The maximum atomic E-state index is 6.12. The molecular formula is C14H18ClN. The molecule has 2 aliphatic rings. The van der Waals surface area contributed by atoms with Crippen molar-refractivity contribution in [3.05, 3.63) is 34.9 Å².